The largest absolute Gasteiger partial charge is 0.416 e. The van der Waals surface area contributed by atoms with Crippen LogP contribution in [0.4, 0.5) is 24.5 Å². The smallest absolute Gasteiger partial charge is 0.371 e. The van der Waals surface area contributed by atoms with Crippen LogP contribution >= 0.6 is 23.2 Å². The van der Waals surface area contributed by atoms with E-state index >= 15 is 0 Å². The Labute approximate surface area is 202 Å². The van der Waals surface area contributed by atoms with Crippen LogP contribution in [-0.4, -0.2) is 40.6 Å². The summed E-state index contributed by atoms with van der Waals surface area (Å²) < 4.78 is 40.8. The van der Waals surface area contributed by atoms with Gasteiger partial charge >= 0.3 is 6.18 Å². The molecule has 0 saturated carbocycles. The SMILES string of the molecule is O=C1C2C3CCCN3C3(c4cc(C(F)(F)F)ccc4NC3O)C2C(=O)N1c1cc(Cl)cc(Cl)c1. The molecule has 3 fully saturated rings. The fourth-order valence-electron chi connectivity index (χ4n) is 6.50. The standard InChI is InChI=1S/C23H18Cl2F3N3O3/c24-11-7-12(25)9-13(8-11)31-19(32)17-16-2-1-5-30(16)22(18(17)20(31)33)14-6-10(23(26,27)28)3-4-15(14)29-21(22)34/h3-4,6-9,16-18,21,29,34H,1-2,5H2. The van der Waals surface area contributed by atoms with E-state index < -0.39 is 53.2 Å². The molecule has 178 valence electrons. The predicted octanol–water partition coefficient (Wildman–Crippen LogP) is 4.24. The van der Waals surface area contributed by atoms with Gasteiger partial charge in [-0.25, -0.2) is 4.90 Å². The zero-order valence-electron chi connectivity index (χ0n) is 17.4. The number of amides is 2. The van der Waals surface area contributed by atoms with Gasteiger partial charge in [-0.2, -0.15) is 13.2 Å². The van der Waals surface area contributed by atoms with E-state index in [0.29, 0.717) is 25.1 Å². The molecule has 6 rings (SSSR count). The highest BCUT2D eigenvalue weighted by Crippen LogP contribution is 2.62. The topological polar surface area (TPSA) is 72.9 Å². The van der Waals surface area contributed by atoms with Crippen molar-refractivity contribution in [2.75, 3.05) is 16.8 Å². The molecule has 11 heteroatoms. The van der Waals surface area contributed by atoms with Crippen LogP contribution in [0.1, 0.15) is 24.0 Å². The van der Waals surface area contributed by atoms with E-state index in [-0.39, 0.29) is 21.3 Å². The Morgan fingerprint density at radius 3 is 2.44 bits per heavy atom. The van der Waals surface area contributed by atoms with Gasteiger partial charge in [0.1, 0.15) is 11.8 Å². The number of nitrogens with zero attached hydrogens (tertiary/aromatic N) is 2. The molecule has 0 aliphatic carbocycles. The number of benzene rings is 2. The molecule has 0 aromatic heterocycles. The average molecular weight is 512 g/mol. The number of rotatable bonds is 1. The Balaban J connectivity index is 1.55. The molecule has 4 aliphatic rings. The number of carbonyl (C=O) groups excluding carboxylic acids is 2. The molecule has 5 unspecified atom stereocenters. The normalized spacial score (nSPS) is 32.4. The zero-order chi connectivity index (χ0) is 24.2. The third kappa shape index (κ3) is 2.72. The van der Waals surface area contributed by atoms with Crippen LogP contribution in [0.2, 0.25) is 10.0 Å². The molecular weight excluding hydrogens is 494 g/mol. The lowest BCUT2D eigenvalue weighted by Gasteiger charge is -2.41. The van der Waals surface area contributed by atoms with Gasteiger partial charge in [0.2, 0.25) is 11.8 Å². The number of aliphatic hydroxyl groups excluding tert-OH is 1. The predicted molar refractivity (Wildman–Crippen MR) is 118 cm³/mol. The van der Waals surface area contributed by atoms with Crippen molar-refractivity contribution in [3.8, 4) is 0 Å². The van der Waals surface area contributed by atoms with Crippen molar-refractivity contribution in [3.63, 3.8) is 0 Å². The van der Waals surface area contributed by atoms with Gasteiger partial charge in [0.15, 0.2) is 0 Å². The number of hydrogen-bond donors (Lipinski definition) is 2. The number of hydrogen-bond acceptors (Lipinski definition) is 5. The van der Waals surface area contributed by atoms with Crippen molar-refractivity contribution < 1.29 is 27.9 Å². The maximum atomic E-state index is 13.9. The molecule has 1 spiro atoms. The van der Waals surface area contributed by atoms with Gasteiger partial charge in [-0.15, -0.1) is 0 Å². The number of anilines is 2. The lowest BCUT2D eigenvalue weighted by atomic mass is 9.74. The number of fused-ring (bicyclic) bond motifs is 7. The second-order valence-electron chi connectivity index (χ2n) is 9.18. The van der Waals surface area contributed by atoms with Crippen molar-refractivity contribution >= 4 is 46.4 Å². The average Bonchev–Trinajstić information content (AvgIpc) is 3.44. The first kappa shape index (κ1) is 22.2. The maximum absolute atomic E-state index is 13.9. The van der Waals surface area contributed by atoms with Crippen LogP contribution in [0.3, 0.4) is 0 Å². The molecule has 2 amide bonds. The second kappa shape index (κ2) is 7.10. The minimum absolute atomic E-state index is 0.182. The number of aliphatic hydroxyl groups is 1. The van der Waals surface area contributed by atoms with Gasteiger partial charge in [0, 0.05) is 27.3 Å². The van der Waals surface area contributed by atoms with Crippen molar-refractivity contribution in [2.24, 2.45) is 11.8 Å². The zero-order valence-corrected chi connectivity index (χ0v) is 19.0. The van der Waals surface area contributed by atoms with E-state index in [0.717, 1.165) is 17.0 Å². The minimum atomic E-state index is -4.61. The second-order valence-corrected chi connectivity index (χ2v) is 10.0. The lowest BCUT2D eigenvalue weighted by Crippen LogP contribution is -2.56. The van der Waals surface area contributed by atoms with E-state index in [1.807, 2.05) is 4.90 Å². The number of halogens is 5. The number of imide groups is 1. The van der Waals surface area contributed by atoms with Gasteiger partial charge in [0.25, 0.3) is 0 Å². The molecule has 34 heavy (non-hydrogen) atoms. The summed E-state index contributed by atoms with van der Waals surface area (Å²) in [6, 6.07) is 7.17. The van der Waals surface area contributed by atoms with Crippen LogP contribution in [0, 0.1) is 11.8 Å². The number of alkyl halides is 3. The Hall–Kier alpha value is -2.33. The number of carbonyl (C=O) groups is 2. The summed E-state index contributed by atoms with van der Waals surface area (Å²) in [5.41, 5.74) is -1.69. The summed E-state index contributed by atoms with van der Waals surface area (Å²) in [4.78, 5) is 30.4. The first-order valence-corrected chi connectivity index (χ1v) is 11.6. The molecule has 2 aromatic rings. The van der Waals surface area contributed by atoms with Crippen LogP contribution in [0.25, 0.3) is 0 Å². The summed E-state index contributed by atoms with van der Waals surface area (Å²) in [7, 11) is 0. The summed E-state index contributed by atoms with van der Waals surface area (Å²) in [5.74, 6) is -2.94. The van der Waals surface area contributed by atoms with Crippen molar-refractivity contribution in [2.45, 2.75) is 36.8 Å². The fraction of sp³-hybridized carbons (Fsp3) is 0.391. The van der Waals surface area contributed by atoms with Crippen LogP contribution in [0.5, 0.6) is 0 Å². The quantitative estimate of drug-likeness (QED) is 0.560. The molecule has 2 aromatic carbocycles. The molecule has 0 bridgehead atoms. The Morgan fingerprint density at radius 1 is 1.06 bits per heavy atom. The molecule has 4 heterocycles. The molecule has 0 radical (unpaired) electrons. The monoisotopic (exact) mass is 511 g/mol. The molecule has 6 nitrogen and oxygen atoms in total. The van der Waals surface area contributed by atoms with E-state index in [1.54, 1.807) is 0 Å². The summed E-state index contributed by atoms with van der Waals surface area (Å²) in [5, 5.41) is 14.6. The van der Waals surface area contributed by atoms with E-state index in [4.69, 9.17) is 23.2 Å². The van der Waals surface area contributed by atoms with E-state index in [2.05, 4.69) is 5.32 Å². The van der Waals surface area contributed by atoms with Gasteiger partial charge in [0.05, 0.1) is 23.1 Å². The Kier molecular flexibility index (Phi) is 4.63. The highest BCUT2D eigenvalue weighted by atomic mass is 35.5. The van der Waals surface area contributed by atoms with Crippen molar-refractivity contribution in [1.29, 1.82) is 0 Å². The van der Waals surface area contributed by atoms with Crippen molar-refractivity contribution in [3.05, 3.63) is 57.6 Å². The fourth-order valence-corrected chi connectivity index (χ4v) is 7.01. The number of nitrogens with one attached hydrogen (secondary N) is 1. The molecule has 3 saturated heterocycles. The maximum Gasteiger partial charge on any atom is 0.416 e. The van der Waals surface area contributed by atoms with Crippen LogP contribution < -0.4 is 10.2 Å². The summed E-state index contributed by atoms with van der Waals surface area (Å²) in [6.45, 7) is 0.454. The van der Waals surface area contributed by atoms with Gasteiger partial charge < -0.3 is 10.4 Å². The molecule has 4 aliphatic heterocycles. The molecule has 2 N–H and O–H groups in total. The van der Waals surface area contributed by atoms with Crippen molar-refractivity contribution in [1.82, 2.24) is 4.90 Å². The molecule has 5 atom stereocenters. The van der Waals surface area contributed by atoms with Gasteiger partial charge in [-0.1, -0.05) is 23.2 Å². The lowest BCUT2D eigenvalue weighted by molar-refractivity contribution is -0.137. The Morgan fingerprint density at radius 2 is 1.76 bits per heavy atom. The summed E-state index contributed by atoms with van der Waals surface area (Å²) in [6.07, 6.45) is -4.69. The Bertz CT molecular complexity index is 1240. The molecular formula is C23H18Cl2F3N3O3. The van der Waals surface area contributed by atoms with Crippen LogP contribution in [-0.2, 0) is 21.3 Å². The minimum Gasteiger partial charge on any atom is -0.371 e. The third-order valence-corrected chi connectivity index (χ3v) is 8.04. The third-order valence-electron chi connectivity index (χ3n) is 7.61. The summed E-state index contributed by atoms with van der Waals surface area (Å²) >= 11 is 12.2. The highest BCUT2D eigenvalue weighted by molar-refractivity contribution is 6.35. The first-order valence-electron chi connectivity index (χ1n) is 10.8. The van der Waals surface area contributed by atoms with E-state index in [1.165, 1.54) is 24.3 Å². The highest BCUT2D eigenvalue weighted by Gasteiger charge is 2.74. The van der Waals surface area contributed by atoms with E-state index in [9.17, 15) is 27.9 Å². The van der Waals surface area contributed by atoms with Gasteiger partial charge in [-0.05, 0) is 55.8 Å². The van der Waals surface area contributed by atoms with Gasteiger partial charge in [-0.3, -0.25) is 14.5 Å². The van der Waals surface area contributed by atoms with Crippen LogP contribution in [0.15, 0.2) is 36.4 Å². The first-order chi connectivity index (χ1) is 16.0.